The lowest BCUT2D eigenvalue weighted by molar-refractivity contribution is -0.145. The van der Waals surface area contributed by atoms with E-state index in [1.165, 1.54) is 6.21 Å². The zero-order valence-corrected chi connectivity index (χ0v) is 8.94. The molecule has 0 aromatic carbocycles. The Hall–Kier alpha value is -1.79. The number of allylic oxidation sites excluding steroid dienone is 1. The molecular formula is C10H9F3N4. The molecular weight excluding hydrogens is 233 g/mol. The standard InChI is InChI=1S/C10H9F3N4/c1-2-9(4-3-5-16-9)7-14-6-15-8(17-7)10(11,12)13/h3-6H,2H2,1H3. The highest BCUT2D eigenvalue weighted by Gasteiger charge is 2.38. The summed E-state index contributed by atoms with van der Waals surface area (Å²) in [6.45, 7) is 1.81. The van der Waals surface area contributed by atoms with Crippen molar-refractivity contribution in [3.05, 3.63) is 30.1 Å². The van der Waals surface area contributed by atoms with Crippen molar-refractivity contribution < 1.29 is 13.2 Å². The largest absolute Gasteiger partial charge is 0.451 e. The van der Waals surface area contributed by atoms with E-state index in [-0.39, 0.29) is 5.82 Å². The molecule has 0 N–H and O–H groups in total. The lowest BCUT2D eigenvalue weighted by atomic mass is 9.97. The summed E-state index contributed by atoms with van der Waals surface area (Å²) >= 11 is 0. The minimum atomic E-state index is -4.57. The minimum absolute atomic E-state index is 0.0207. The first kappa shape index (κ1) is 11.7. The zero-order chi connectivity index (χ0) is 12.5. The van der Waals surface area contributed by atoms with Crippen molar-refractivity contribution in [1.82, 2.24) is 15.0 Å². The molecule has 0 saturated carbocycles. The molecule has 17 heavy (non-hydrogen) atoms. The molecule has 1 aromatic rings. The van der Waals surface area contributed by atoms with Gasteiger partial charge >= 0.3 is 6.18 Å². The quantitative estimate of drug-likeness (QED) is 0.798. The van der Waals surface area contributed by atoms with Gasteiger partial charge in [-0.05, 0) is 18.6 Å². The molecule has 0 saturated heterocycles. The van der Waals surface area contributed by atoms with E-state index in [1.807, 2.05) is 6.92 Å². The van der Waals surface area contributed by atoms with Gasteiger partial charge in [0, 0.05) is 6.21 Å². The zero-order valence-electron chi connectivity index (χ0n) is 8.94. The van der Waals surface area contributed by atoms with Crippen LogP contribution in [-0.2, 0) is 11.7 Å². The highest BCUT2D eigenvalue weighted by atomic mass is 19.4. The highest BCUT2D eigenvalue weighted by Crippen LogP contribution is 2.32. The van der Waals surface area contributed by atoms with E-state index < -0.39 is 17.5 Å². The Labute approximate surface area is 95.3 Å². The fraction of sp³-hybridized carbons (Fsp3) is 0.400. The summed E-state index contributed by atoms with van der Waals surface area (Å²) in [4.78, 5) is 14.5. The fourth-order valence-electron chi connectivity index (χ4n) is 1.56. The van der Waals surface area contributed by atoms with E-state index in [1.54, 1.807) is 12.2 Å². The summed E-state index contributed by atoms with van der Waals surface area (Å²) in [5.74, 6) is -1.17. The number of halogens is 3. The van der Waals surface area contributed by atoms with Crippen molar-refractivity contribution in [2.45, 2.75) is 25.1 Å². The second kappa shape index (κ2) is 3.90. The number of hydrogen-bond acceptors (Lipinski definition) is 4. The fourth-order valence-corrected chi connectivity index (χ4v) is 1.56. The molecule has 0 spiro atoms. The van der Waals surface area contributed by atoms with E-state index in [2.05, 4.69) is 19.9 Å². The molecule has 0 fully saturated rings. The number of aliphatic imine (C=N–C) groups is 1. The third-order valence-corrected chi connectivity index (χ3v) is 2.51. The van der Waals surface area contributed by atoms with Crippen LogP contribution in [0.15, 0.2) is 23.5 Å². The van der Waals surface area contributed by atoms with Crippen LogP contribution >= 0.6 is 0 Å². The predicted molar refractivity (Wildman–Crippen MR) is 54.4 cm³/mol. The molecule has 90 valence electrons. The lowest BCUT2D eigenvalue weighted by Crippen LogP contribution is -2.24. The second-order valence-corrected chi connectivity index (χ2v) is 3.55. The first-order valence-corrected chi connectivity index (χ1v) is 4.98. The SMILES string of the molecule is CCC1(c2ncnc(C(F)(F)F)n2)C=CC=N1. The molecule has 1 atom stereocenters. The average molecular weight is 242 g/mol. The molecule has 0 amide bonds. The maximum absolute atomic E-state index is 12.5. The van der Waals surface area contributed by atoms with Crippen LogP contribution in [0.4, 0.5) is 13.2 Å². The molecule has 2 heterocycles. The summed E-state index contributed by atoms with van der Waals surface area (Å²) in [6.07, 6.45) is 1.66. The van der Waals surface area contributed by atoms with Crippen LogP contribution in [0, 0.1) is 0 Å². The Morgan fingerprint density at radius 1 is 1.29 bits per heavy atom. The summed E-state index contributed by atoms with van der Waals surface area (Å²) < 4.78 is 37.4. The molecule has 1 aliphatic rings. The van der Waals surface area contributed by atoms with Gasteiger partial charge in [0.2, 0.25) is 5.82 Å². The van der Waals surface area contributed by atoms with Crippen molar-refractivity contribution in [2.24, 2.45) is 4.99 Å². The molecule has 4 nitrogen and oxygen atoms in total. The Bertz CT molecular complexity index is 467. The van der Waals surface area contributed by atoms with Gasteiger partial charge in [-0.3, -0.25) is 4.99 Å². The Morgan fingerprint density at radius 2 is 2.06 bits per heavy atom. The van der Waals surface area contributed by atoms with Crippen LogP contribution in [0.25, 0.3) is 0 Å². The molecule has 1 aromatic heterocycles. The van der Waals surface area contributed by atoms with Crippen molar-refractivity contribution >= 4 is 6.21 Å². The van der Waals surface area contributed by atoms with E-state index in [0.29, 0.717) is 6.42 Å². The van der Waals surface area contributed by atoms with Crippen molar-refractivity contribution in [3.8, 4) is 0 Å². The molecule has 0 aliphatic carbocycles. The maximum atomic E-state index is 12.5. The van der Waals surface area contributed by atoms with Crippen LogP contribution in [0.3, 0.4) is 0 Å². The number of alkyl halides is 3. The third kappa shape index (κ3) is 2.04. The maximum Gasteiger partial charge on any atom is 0.451 e. The van der Waals surface area contributed by atoms with Gasteiger partial charge in [0.15, 0.2) is 5.82 Å². The Balaban J connectivity index is 2.47. The van der Waals surface area contributed by atoms with Crippen LogP contribution in [0.5, 0.6) is 0 Å². The average Bonchev–Trinajstić information content (AvgIpc) is 2.78. The molecule has 1 unspecified atom stereocenters. The first-order valence-electron chi connectivity index (χ1n) is 4.98. The van der Waals surface area contributed by atoms with Gasteiger partial charge in [-0.15, -0.1) is 0 Å². The minimum Gasteiger partial charge on any atom is -0.274 e. The van der Waals surface area contributed by atoms with Gasteiger partial charge in [0.1, 0.15) is 11.9 Å². The van der Waals surface area contributed by atoms with Gasteiger partial charge in [-0.2, -0.15) is 13.2 Å². The number of aromatic nitrogens is 3. The van der Waals surface area contributed by atoms with Crippen LogP contribution in [0.1, 0.15) is 25.0 Å². The number of nitrogens with zero attached hydrogens (tertiary/aromatic N) is 4. The third-order valence-electron chi connectivity index (χ3n) is 2.51. The van der Waals surface area contributed by atoms with Gasteiger partial charge in [0.25, 0.3) is 0 Å². The topological polar surface area (TPSA) is 51.0 Å². The lowest BCUT2D eigenvalue weighted by Gasteiger charge is -2.20. The van der Waals surface area contributed by atoms with Gasteiger partial charge in [-0.25, -0.2) is 15.0 Å². The monoisotopic (exact) mass is 242 g/mol. The molecule has 1 aliphatic heterocycles. The summed E-state index contributed by atoms with van der Waals surface area (Å²) in [7, 11) is 0. The van der Waals surface area contributed by atoms with Gasteiger partial charge < -0.3 is 0 Å². The molecule has 0 radical (unpaired) electrons. The summed E-state index contributed by atoms with van der Waals surface area (Å²) in [5, 5.41) is 0. The molecule has 0 bridgehead atoms. The van der Waals surface area contributed by atoms with Crippen LogP contribution in [0.2, 0.25) is 0 Å². The van der Waals surface area contributed by atoms with E-state index >= 15 is 0 Å². The Morgan fingerprint density at radius 3 is 2.59 bits per heavy atom. The Kier molecular flexibility index (Phi) is 2.68. The van der Waals surface area contributed by atoms with Gasteiger partial charge in [-0.1, -0.05) is 6.92 Å². The number of rotatable bonds is 2. The van der Waals surface area contributed by atoms with Crippen molar-refractivity contribution in [1.29, 1.82) is 0 Å². The van der Waals surface area contributed by atoms with E-state index in [4.69, 9.17) is 0 Å². The van der Waals surface area contributed by atoms with E-state index in [9.17, 15) is 13.2 Å². The summed E-state index contributed by atoms with van der Waals surface area (Å²) in [6, 6.07) is 0. The van der Waals surface area contributed by atoms with Crippen LogP contribution < -0.4 is 0 Å². The smallest absolute Gasteiger partial charge is 0.274 e. The van der Waals surface area contributed by atoms with Crippen molar-refractivity contribution in [2.75, 3.05) is 0 Å². The normalized spacial score (nSPS) is 23.3. The molecule has 2 rings (SSSR count). The van der Waals surface area contributed by atoms with Gasteiger partial charge in [0.05, 0.1) is 0 Å². The predicted octanol–water partition coefficient (Wildman–Crippen LogP) is 2.14. The van der Waals surface area contributed by atoms with Crippen molar-refractivity contribution in [3.63, 3.8) is 0 Å². The first-order chi connectivity index (χ1) is 7.98. The van der Waals surface area contributed by atoms with E-state index in [0.717, 1.165) is 6.33 Å². The number of hydrogen-bond donors (Lipinski definition) is 0. The summed E-state index contributed by atoms with van der Waals surface area (Å²) in [5.41, 5.74) is -0.886. The molecule has 7 heteroatoms. The highest BCUT2D eigenvalue weighted by molar-refractivity contribution is 5.75. The van der Waals surface area contributed by atoms with Crippen LogP contribution in [-0.4, -0.2) is 21.2 Å². The second-order valence-electron chi connectivity index (χ2n) is 3.55.